The van der Waals surface area contributed by atoms with Gasteiger partial charge in [0, 0.05) is 17.8 Å². The molecule has 2 rings (SSSR count). The van der Waals surface area contributed by atoms with Crippen molar-refractivity contribution in [1.29, 1.82) is 0 Å². The van der Waals surface area contributed by atoms with Crippen LogP contribution < -0.4 is 5.32 Å². The van der Waals surface area contributed by atoms with Crippen LogP contribution in [0.1, 0.15) is 12.8 Å². The van der Waals surface area contributed by atoms with Crippen LogP contribution in [-0.4, -0.2) is 21.9 Å². The van der Waals surface area contributed by atoms with Crippen LogP contribution in [0.2, 0.25) is 0 Å². The van der Waals surface area contributed by atoms with Gasteiger partial charge in [0.15, 0.2) is 0 Å². The lowest BCUT2D eigenvalue weighted by atomic mass is 9.82. The zero-order valence-electron chi connectivity index (χ0n) is 11.1. The lowest BCUT2D eigenvalue weighted by Gasteiger charge is -2.24. The summed E-state index contributed by atoms with van der Waals surface area (Å²) in [7, 11) is 0. The molecule has 0 aliphatic heterocycles. The normalized spacial score (nSPS) is 20.8. The number of hydrogen-bond donors (Lipinski definition) is 2. The highest BCUT2D eigenvalue weighted by molar-refractivity contribution is 5.95. The Morgan fingerprint density at radius 1 is 1.14 bits per heavy atom. The van der Waals surface area contributed by atoms with Gasteiger partial charge < -0.3 is 10.4 Å². The zero-order chi connectivity index (χ0) is 15.4. The predicted molar refractivity (Wildman–Crippen MR) is 74.7 cm³/mol. The molecule has 0 bridgehead atoms. The summed E-state index contributed by atoms with van der Waals surface area (Å²) in [4.78, 5) is 33.3. The second-order valence-electron chi connectivity index (χ2n) is 4.79. The monoisotopic (exact) mass is 290 g/mol. The molecule has 0 fully saturated rings. The van der Waals surface area contributed by atoms with Crippen LogP contribution in [0, 0.1) is 22.0 Å². The van der Waals surface area contributed by atoms with E-state index in [4.69, 9.17) is 5.11 Å². The molecule has 0 aromatic heterocycles. The summed E-state index contributed by atoms with van der Waals surface area (Å²) in [6.07, 6.45) is 4.25. The van der Waals surface area contributed by atoms with Gasteiger partial charge in [-0.1, -0.05) is 12.2 Å². The Hall–Kier alpha value is -2.70. The summed E-state index contributed by atoms with van der Waals surface area (Å²) in [5, 5.41) is 22.3. The molecule has 0 radical (unpaired) electrons. The number of nitro groups is 1. The second-order valence-corrected chi connectivity index (χ2v) is 4.79. The third-order valence-electron chi connectivity index (χ3n) is 3.43. The fourth-order valence-corrected chi connectivity index (χ4v) is 2.28. The van der Waals surface area contributed by atoms with Gasteiger partial charge in [0.1, 0.15) is 0 Å². The minimum absolute atomic E-state index is 0.0722. The highest BCUT2D eigenvalue weighted by Crippen LogP contribution is 2.27. The van der Waals surface area contributed by atoms with Crippen LogP contribution in [-0.2, 0) is 9.59 Å². The van der Waals surface area contributed by atoms with Crippen molar-refractivity contribution in [2.75, 3.05) is 5.32 Å². The van der Waals surface area contributed by atoms with E-state index in [2.05, 4.69) is 5.32 Å². The maximum Gasteiger partial charge on any atom is 0.307 e. The van der Waals surface area contributed by atoms with Crippen LogP contribution in [0.25, 0.3) is 0 Å². The number of carbonyl (C=O) groups excluding carboxylic acids is 1. The number of rotatable bonds is 4. The molecule has 1 aromatic carbocycles. The van der Waals surface area contributed by atoms with E-state index in [9.17, 15) is 19.7 Å². The Morgan fingerprint density at radius 3 is 2.24 bits per heavy atom. The summed E-state index contributed by atoms with van der Waals surface area (Å²) >= 11 is 0. The first-order valence-electron chi connectivity index (χ1n) is 6.42. The van der Waals surface area contributed by atoms with Crippen LogP contribution in [0.15, 0.2) is 36.4 Å². The molecule has 110 valence electrons. The van der Waals surface area contributed by atoms with E-state index in [1.54, 1.807) is 12.2 Å². The van der Waals surface area contributed by atoms with Gasteiger partial charge in [0.05, 0.1) is 16.8 Å². The number of nitro benzene ring substituents is 1. The van der Waals surface area contributed by atoms with E-state index >= 15 is 0 Å². The Labute approximate surface area is 120 Å². The van der Waals surface area contributed by atoms with E-state index in [1.807, 2.05) is 0 Å². The maximum atomic E-state index is 12.2. The number of non-ortho nitro benzene ring substituents is 1. The Balaban J connectivity index is 2.08. The number of benzene rings is 1. The number of nitrogens with zero attached hydrogens (tertiary/aromatic N) is 1. The summed E-state index contributed by atoms with van der Waals surface area (Å²) in [6, 6.07) is 5.41. The number of nitrogens with one attached hydrogen (secondary N) is 1. The SMILES string of the molecule is O=C(O)C1CC=CCC1C(=O)Nc1ccc([N+](=O)[O-])cc1. The third kappa shape index (κ3) is 3.44. The van der Waals surface area contributed by atoms with E-state index in [0.717, 1.165) is 0 Å². The predicted octanol–water partition coefficient (Wildman–Crippen LogP) is 2.20. The fraction of sp³-hybridized carbons (Fsp3) is 0.286. The molecular weight excluding hydrogens is 276 g/mol. The molecule has 2 unspecified atom stereocenters. The zero-order valence-corrected chi connectivity index (χ0v) is 11.1. The number of carboxylic acid groups (broad SMARTS) is 1. The van der Waals surface area contributed by atoms with Crippen LogP contribution in [0.4, 0.5) is 11.4 Å². The summed E-state index contributed by atoms with van der Waals surface area (Å²) < 4.78 is 0. The quantitative estimate of drug-likeness (QED) is 0.502. The fourth-order valence-electron chi connectivity index (χ4n) is 2.28. The largest absolute Gasteiger partial charge is 0.481 e. The summed E-state index contributed by atoms with van der Waals surface area (Å²) in [5.74, 6) is -2.76. The van der Waals surface area contributed by atoms with Gasteiger partial charge in [-0.2, -0.15) is 0 Å². The summed E-state index contributed by atoms with van der Waals surface area (Å²) in [5.41, 5.74) is 0.335. The first-order valence-corrected chi connectivity index (χ1v) is 6.42. The molecule has 1 aliphatic carbocycles. The number of allylic oxidation sites excluding steroid dienone is 2. The van der Waals surface area contributed by atoms with Gasteiger partial charge in [-0.3, -0.25) is 19.7 Å². The van der Waals surface area contributed by atoms with Crippen LogP contribution in [0.5, 0.6) is 0 Å². The maximum absolute atomic E-state index is 12.2. The van der Waals surface area contributed by atoms with E-state index in [1.165, 1.54) is 24.3 Å². The third-order valence-corrected chi connectivity index (χ3v) is 3.43. The number of aliphatic carboxylic acids is 1. The lowest BCUT2D eigenvalue weighted by molar-refractivity contribution is -0.384. The van der Waals surface area contributed by atoms with Gasteiger partial charge in [0.2, 0.25) is 5.91 Å². The Kier molecular flexibility index (Phi) is 4.32. The highest BCUT2D eigenvalue weighted by atomic mass is 16.6. The van der Waals surface area contributed by atoms with Crippen molar-refractivity contribution >= 4 is 23.3 Å². The van der Waals surface area contributed by atoms with Crippen molar-refractivity contribution in [1.82, 2.24) is 0 Å². The minimum Gasteiger partial charge on any atom is -0.481 e. The standard InChI is InChI=1S/C14H14N2O5/c17-13(11-3-1-2-4-12(11)14(18)19)15-9-5-7-10(8-6-9)16(20)21/h1-2,5-8,11-12H,3-4H2,(H,15,17)(H,18,19). The molecule has 1 amide bonds. The Bertz CT molecular complexity index is 594. The number of amides is 1. The first-order chi connectivity index (χ1) is 9.99. The topological polar surface area (TPSA) is 110 Å². The number of carbonyl (C=O) groups is 2. The summed E-state index contributed by atoms with van der Waals surface area (Å²) in [6.45, 7) is 0. The molecule has 7 nitrogen and oxygen atoms in total. The van der Waals surface area contributed by atoms with Gasteiger partial charge >= 0.3 is 5.97 Å². The second kappa shape index (κ2) is 6.17. The highest BCUT2D eigenvalue weighted by Gasteiger charge is 2.33. The molecule has 0 heterocycles. The van der Waals surface area contributed by atoms with Crippen molar-refractivity contribution in [2.45, 2.75) is 12.8 Å². The average Bonchev–Trinajstić information content (AvgIpc) is 2.47. The number of anilines is 1. The minimum atomic E-state index is -0.997. The van der Waals surface area contributed by atoms with Gasteiger partial charge in [-0.05, 0) is 25.0 Å². The van der Waals surface area contributed by atoms with Crippen molar-refractivity contribution in [3.63, 3.8) is 0 Å². The first kappa shape index (κ1) is 14.7. The van der Waals surface area contributed by atoms with Crippen molar-refractivity contribution < 1.29 is 19.6 Å². The van der Waals surface area contributed by atoms with Crippen molar-refractivity contribution in [2.24, 2.45) is 11.8 Å². The lowest BCUT2D eigenvalue weighted by Crippen LogP contribution is -2.34. The Morgan fingerprint density at radius 2 is 1.71 bits per heavy atom. The smallest absolute Gasteiger partial charge is 0.307 e. The van der Waals surface area contributed by atoms with Gasteiger partial charge in [-0.15, -0.1) is 0 Å². The van der Waals surface area contributed by atoms with E-state index < -0.39 is 22.7 Å². The molecule has 0 saturated heterocycles. The number of carboxylic acids is 1. The van der Waals surface area contributed by atoms with Gasteiger partial charge in [-0.25, -0.2) is 0 Å². The molecule has 1 aliphatic rings. The van der Waals surface area contributed by atoms with Crippen LogP contribution in [0.3, 0.4) is 0 Å². The molecule has 0 saturated carbocycles. The molecule has 21 heavy (non-hydrogen) atoms. The molecule has 7 heteroatoms. The molecule has 2 atom stereocenters. The average molecular weight is 290 g/mol. The van der Waals surface area contributed by atoms with Crippen LogP contribution >= 0.6 is 0 Å². The number of hydrogen-bond acceptors (Lipinski definition) is 4. The molecule has 0 spiro atoms. The molecule has 2 N–H and O–H groups in total. The molecular formula is C14H14N2O5. The van der Waals surface area contributed by atoms with Crippen molar-refractivity contribution in [3.8, 4) is 0 Å². The van der Waals surface area contributed by atoms with E-state index in [0.29, 0.717) is 18.5 Å². The molecule has 1 aromatic rings. The van der Waals surface area contributed by atoms with Gasteiger partial charge in [0.25, 0.3) is 5.69 Å². The van der Waals surface area contributed by atoms with Crippen molar-refractivity contribution in [3.05, 3.63) is 46.5 Å². The van der Waals surface area contributed by atoms with E-state index in [-0.39, 0.29) is 11.6 Å².